The van der Waals surface area contributed by atoms with Crippen molar-refractivity contribution in [1.82, 2.24) is 14.2 Å². The van der Waals surface area contributed by atoms with Gasteiger partial charge in [-0.1, -0.05) is 36.4 Å². The lowest BCUT2D eigenvalue weighted by molar-refractivity contribution is 0.0702. The third-order valence-corrected chi connectivity index (χ3v) is 8.59. The highest BCUT2D eigenvalue weighted by atomic mass is 32.2. The van der Waals surface area contributed by atoms with Crippen molar-refractivity contribution in [3.8, 4) is 9.88 Å². The number of hydrogen-bond acceptors (Lipinski definition) is 6. The molecule has 0 radical (unpaired) electrons. The van der Waals surface area contributed by atoms with E-state index in [-0.39, 0.29) is 19.0 Å². The highest BCUT2D eigenvalue weighted by Gasteiger charge is 2.29. The minimum Gasteiger partial charge on any atom is -0.335 e. The second-order valence-corrected chi connectivity index (χ2v) is 10.6. The lowest BCUT2D eigenvalue weighted by Crippen LogP contribution is -2.50. The molecule has 1 aliphatic heterocycles. The minimum absolute atomic E-state index is 0.0790. The van der Waals surface area contributed by atoms with Crippen LogP contribution in [0.5, 0.6) is 0 Å². The summed E-state index contributed by atoms with van der Waals surface area (Å²) in [6.45, 7) is 3.13. The molecular formula is C21H21N3O3S3. The maximum Gasteiger partial charge on any atom is 0.265 e. The third-order valence-electron chi connectivity index (χ3n) is 4.84. The summed E-state index contributed by atoms with van der Waals surface area (Å²) >= 11 is 2.99. The van der Waals surface area contributed by atoms with Gasteiger partial charge in [-0.25, -0.2) is 13.4 Å². The van der Waals surface area contributed by atoms with Crippen LogP contribution in [0.15, 0.2) is 53.3 Å². The number of thiazole rings is 1. The molecule has 0 bridgehead atoms. The first-order valence-corrected chi connectivity index (χ1v) is 12.7. The zero-order chi connectivity index (χ0) is 21.1. The molecule has 1 aromatic carbocycles. The summed E-state index contributed by atoms with van der Waals surface area (Å²) in [6.07, 6.45) is 1.60. The van der Waals surface area contributed by atoms with E-state index >= 15 is 0 Å². The summed E-state index contributed by atoms with van der Waals surface area (Å²) in [6, 6.07) is 13.3. The number of hydrogen-bond donors (Lipinski definition) is 0. The molecule has 156 valence electrons. The molecule has 3 heterocycles. The fraction of sp³-hybridized carbons (Fsp3) is 0.238. The van der Waals surface area contributed by atoms with Gasteiger partial charge in [0.15, 0.2) is 0 Å². The van der Waals surface area contributed by atoms with Crippen LogP contribution in [0, 0.1) is 6.92 Å². The molecule has 0 saturated carbocycles. The van der Waals surface area contributed by atoms with Gasteiger partial charge in [0.25, 0.3) is 5.91 Å². The second kappa shape index (κ2) is 8.81. The molecule has 0 unspecified atom stereocenters. The quantitative estimate of drug-likeness (QED) is 0.580. The largest absolute Gasteiger partial charge is 0.335 e. The summed E-state index contributed by atoms with van der Waals surface area (Å²) in [5.41, 5.74) is 1.55. The molecule has 1 aliphatic rings. The SMILES string of the molecule is Cc1nc(-c2cccs2)sc1C(=O)N1CCN(S(=O)(=O)/C=C/c2ccccc2)CC1. The van der Waals surface area contributed by atoms with E-state index in [9.17, 15) is 13.2 Å². The monoisotopic (exact) mass is 459 g/mol. The van der Waals surface area contributed by atoms with E-state index in [0.29, 0.717) is 23.7 Å². The van der Waals surface area contributed by atoms with Gasteiger partial charge in [0, 0.05) is 31.6 Å². The van der Waals surface area contributed by atoms with Crippen molar-refractivity contribution >= 4 is 44.7 Å². The van der Waals surface area contributed by atoms with Gasteiger partial charge in [-0.3, -0.25) is 4.79 Å². The number of nitrogens with zero attached hydrogens (tertiary/aromatic N) is 3. The number of thiophene rings is 1. The maximum atomic E-state index is 13.0. The van der Waals surface area contributed by atoms with E-state index in [4.69, 9.17) is 0 Å². The Bertz CT molecular complexity index is 1140. The number of aryl methyl sites for hydroxylation is 1. The van der Waals surface area contributed by atoms with Crippen LogP contribution in [0.3, 0.4) is 0 Å². The molecule has 30 heavy (non-hydrogen) atoms. The van der Waals surface area contributed by atoms with Crippen LogP contribution in [0.2, 0.25) is 0 Å². The maximum absolute atomic E-state index is 13.0. The lowest BCUT2D eigenvalue weighted by Gasteiger charge is -2.33. The van der Waals surface area contributed by atoms with Gasteiger partial charge in [-0.05, 0) is 30.0 Å². The Hall–Kier alpha value is -2.33. The van der Waals surface area contributed by atoms with Crippen molar-refractivity contribution in [2.45, 2.75) is 6.92 Å². The normalized spacial score (nSPS) is 15.7. The third kappa shape index (κ3) is 4.54. The van der Waals surface area contributed by atoms with Crippen LogP contribution in [-0.4, -0.2) is 54.7 Å². The second-order valence-electron chi connectivity index (χ2n) is 6.86. The number of piperazine rings is 1. The van der Waals surface area contributed by atoms with Crippen LogP contribution in [0.25, 0.3) is 16.0 Å². The smallest absolute Gasteiger partial charge is 0.265 e. The molecule has 4 rings (SSSR count). The summed E-state index contributed by atoms with van der Waals surface area (Å²) in [5.74, 6) is -0.0790. The lowest BCUT2D eigenvalue weighted by atomic mass is 10.2. The average molecular weight is 460 g/mol. The fourth-order valence-corrected chi connectivity index (χ4v) is 6.21. The Labute approximate surface area is 184 Å². The van der Waals surface area contributed by atoms with Crippen molar-refractivity contribution < 1.29 is 13.2 Å². The topological polar surface area (TPSA) is 70.6 Å². The first-order chi connectivity index (χ1) is 14.4. The van der Waals surface area contributed by atoms with E-state index in [1.807, 2.05) is 54.8 Å². The Kier molecular flexibility index (Phi) is 6.14. The van der Waals surface area contributed by atoms with Gasteiger partial charge in [0.2, 0.25) is 10.0 Å². The molecule has 6 nitrogen and oxygen atoms in total. The van der Waals surface area contributed by atoms with Crippen molar-refractivity contribution in [2.75, 3.05) is 26.2 Å². The zero-order valence-corrected chi connectivity index (χ0v) is 18.8. The first kappa shape index (κ1) is 20.9. The van der Waals surface area contributed by atoms with Crippen LogP contribution >= 0.6 is 22.7 Å². The summed E-state index contributed by atoms with van der Waals surface area (Å²) in [4.78, 5) is 20.9. The van der Waals surface area contributed by atoms with E-state index in [1.165, 1.54) is 21.1 Å². The van der Waals surface area contributed by atoms with Gasteiger partial charge < -0.3 is 4.90 Å². The first-order valence-electron chi connectivity index (χ1n) is 9.48. The molecule has 0 atom stereocenters. The van der Waals surface area contributed by atoms with Gasteiger partial charge in [0.1, 0.15) is 9.88 Å². The molecule has 3 aromatic rings. The van der Waals surface area contributed by atoms with E-state index in [2.05, 4.69) is 4.98 Å². The number of benzene rings is 1. The Balaban J connectivity index is 1.41. The Morgan fingerprint density at radius 2 is 1.80 bits per heavy atom. The molecule has 0 N–H and O–H groups in total. The number of carbonyl (C=O) groups excluding carboxylic acids is 1. The van der Waals surface area contributed by atoms with Gasteiger partial charge >= 0.3 is 0 Å². The number of amides is 1. The van der Waals surface area contributed by atoms with Gasteiger partial charge in [-0.15, -0.1) is 22.7 Å². The molecule has 9 heteroatoms. The summed E-state index contributed by atoms with van der Waals surface area (Å²) < 4.78 is 26.7. The van der Waals surface area contributed by atoms with E-state index in [0.717, 1.165) is 15.4 Å². The molecule has 1 fully saturated rings. The van der Waals surface area contributed by atoms with Crippen LogP contribution in [0.1, 0.15) is 20.9 Å². The van der Waals surface area contributed by atoms with Crippen LogP contribution in [0.4, 0.5) is 0 Å². The molecule has 1 saturated heterocycles. The Morgan fingerprint density at radius 3 is 2.47 bits per heavy atom. The van der Waals surface area contributed by atoms with Crippen molar-refractivity contribution in [3.05, 3.63) is 69.4 Å². The fourth-order valence-electron chi connectivity index (χ4n) is 3.20. The molecule has 0 spiro atoms. The van der Waals surface area contributed by atoms with Crippen molar-refractivity contribution in [1.29, 1.82) is 0 Å². The van der Waals surface area contributed by atoms with E-state index < -0.39 is 10.0 Å². The number of rotatable bonds is 5. The Morgan fingerprint density at radius 1 is 1.07 bits per heavy atom. The predicted octanol–water partition coefficient (Wildman–Crippen LogP) is 3.94. The number of sulfonamides is 1. The predicted molar refractivity (Wildman–Crippen MR) is 122 cm³/mol. The highest BCUT2D eigenvalue weighted by molar-refractivity contribution is 7.92. The van der Waals surface area contributed by atoms with Crippen molar-refractivity contribution in [3.63, 3.8) is 0 Å². The van der Waals surface area contributed by atoms with Gasteiger partial charge in [-0.2, -0.15) is 4.31 Å². The summed E-state index contributed by atoms with van der Waals surface area (Å²) in [5, 5.41) is 4.07. The van der Waals surface area contributed by atoms with Crippen LogP contribution in [-0.2, 0) is 10.0 Å². The summed E-state index contributed by atoms with van der Waals surface area (Å²) in [7, 11) is -3.52. The zero-order valence-electron chi connectivity index (χ0n) is 16.4. The average Bonchev–Trinajstić information content (AvgIpc) is 3.42. The number of carbonyl (C=O) groups is 1. The standard InChI is InChI=1S/C21H21N3O3S3/c1-16-19(29-20(22-16)18-8-5-14-28-18)21(25)23-10-12-24(13-11-23)30(26,27)15-9-17-6-3-2-4-7-17/h2-9,14-15H,10-13H2,1H3/b15-9+. The van der Waals surface area contributed by atoms with Crippen LogP contribution < -0.4 is 0 Å². The van der Waals surface area contributed by atoms with E-state index in [1.54, 1.807) is 22.3 Å². The minimum atomic E-state index is -3.52. The van der Waals surface area contributed by atoms with Crippen molar-refractivity contribution in [2.24, 2.45) is 0 Å². The molecule has 0 aliphatic carbocycles. The molecule has 1 amide bonds. The highest BCUT2D eigenvalue weighted by Crippen LogP contribution is 2.32. The molecule has 2 aromatic heterocycles. The molecular weight excluding hydrogens is 438 g/mol. The number of aromatic nitrogens is 1. The van der Waals surface area contributed by atoms with Gasteiger partial charge in [0.05, 0.1) is 10.6 Å².